The van der Waals surface area contributed by atoms with Crippen LogP contribution in [-0.4, -0.2) is 35.8 Å². The van der Waals surface area contributed by atoms with Gasteiger partial charge in [0.15, 0.2) is 5.96 Å². The average Bonchev–Trinajstić information content (AvgIpc) is 2.77. The van der Waals surface area contributed by atoms with Crippen LogP contribution in [0, 0.1) is 12.8 Å². The first-order valence-corrected chi connectivity index (χ1v) is 7.14. The van der Waals surface area contributed by atoms with Gasteiger partial charge in [-0.15, -0.1) is 24.0 Å². The minimum absolute atomic E-state index is 0. The van der Waals surface area contributed by atoms with Crippen molar-refractivity contribution in [3.05, 3.63) is 17.5 Å². The van der Waals surface area contributed by atoms with Gasteiger partial charge in [0.1, 0.15) is 0 Å². The third kappa shape index (κ3) is 7.72. The Kier molecular flexibility index (Phi) is 10.5. The molecule has 0 aliphatic heterocycles. The molecule has 0 spiro atoms. The maximum atomic E-state index is 4.54. The minimum Gasteiger partial charge on any atom is -0.357 e. The van der Waals surface area contributed by atoms with Gasteiger partial charge in [-0.1, -0.05) is 13.8 Å². The van der Waals surface area contributed by atoms with E-state index >= 15 is 0 Å². The van der Waals surface area contributed by atoms with Gasteiger partial charge in [-0.3, -0.25) is 10.1 Å². The lowest BCUT2D eigenvalue weighted by Crippen LogP contribution is -2.38. The van der Waals surface area contributed by atoms with E-state index in [9.17, 15) is 0 Å². The van der Waals surface area contributed by atoms with Crippen molar-refractivity contribution in [3.63, 3.8) is 0 Å². The van der Waals surface area contributed by atoms with E-state index in [0.717, 1.165) is 38.4 Å². The molecule has 0 aliphatic rings. The van der Waals surface area contributed by atoms with Crippen LogP contribution >= 0.6 is 24.0 Å². The summed E-state index contributed by atoms with van der Waals surface area (Å²) in [7, 11) is 0. The highest BCUT2D eigenvalue weighted by Gasteiger charge is 2.01. The second kappa shape index (κ2) is 10.9. The lowest BCUT2D eigenvalue weighted by atomic mass is 10.1. The molecule has 0 aromatic carbocycles. The van der Waals surface area contributed by atoms with Gasteiger partial charge in [0.05, 0.1) is 6.20 Å². The molecule has 0 aliphatic carbocycles. The maximum Gasteiger partial charge on any atom is 0.191 e. The predicted octanol–water partition coefficient (Wildman–Crippen LogP) is 2.48. The fourth-order valence-corrected chi connectivity index (χ4v) is 1.73. The zero-order valence-electron chi connectivity index (χ0n) is 13.0. The molecule has 116 valence electrons. The SMILES string of the molecule is CCNC(=NCC(C)C)NCCCc1cn[nH]c1C.I. The third-order valence-corrected chi connectivity index (χ3v) is 2.81. The molecule has 0 bridgehead atoms. The molecule has 1 rings (SSSR count). The molecule has 1 heterocycles. The van der Waals surface area contributed by atoms with Crippen molar-refractivity contribution < 1.29 is 0 Å². The Labute approximate surface area is 139 Å². The first-order valence-electron chi connectivity index (χ1n) is 7.14. The summed E-state index contributed by atoms with van der Waals surface area (Å²) in [6, 6.07) is 0. The highest BCUT2D eigenvalue weighted by Crippen LogP contribution is 2.04. The van der Waals surface area contributed by atoms with Crippen LogP contribution in [0.2, 0.25) is 0 Å². The number of aromatic nitrogens is 2. The molecule has 0 atom stereocenters. The molecule has 0 unspecified atom stereocenters. The highest BCUT2D eigenvalue weighted by molar-refractivity contribution is 14.0. The van der Waals surface area contributed by atoms with Crippen LogP contribution in [0.4, 0.5) is 0 Å². The Morgan fingerprint density at radius 2 is 2.15 bits per heavy atom. The third-order valence-electron chi connectivity index (χ3n) is 2.81. The predicted molar refractivity (Wildman–Crippen MR) is 95.9 cm³/mol. The molecule has 0 saturated heterocycles. The normalized spacial score (nSPS) is 11.3. The second-order valence-corrected chi connectivity index (χ2v) is 5.16. The lowest BCUT2D eigenvalue weighted by Gasteiger charge is -2.11. The van der Waals surface area contributed by atoms with Crippen molar-refractivity contribution in [2.75, 3.05) is 19.6 Å². The first kappa shape index (κ1) is 19.2. The van der Waals surface area contributed by atoms with E-state index in [1.807, 2.05) is 6.20 Å². The summed E-state index contributed by atoms with van der Waals surface area (Å²) < 4.78 is 0. The average molecular weight is 393 g/mol. The molecule has 0 radical (unpaired) electrons. The van der Waals surface area contributed by atoms with Crippen LogP contribution in [0.1, 0.15) is 38.4 Å². The minimum atomic E-state index is 0. The van der Waals surface area contributed by atoms with Gasteiger partial charge in [-0.05, 0) is 38.2 Å². The van der Waals surface area contributed by atoms with E-state index in [1.54, 1.807) is 0 Å². The van der Waals surface area contributed by atoms with Crippen LogP contribution in [-0.2, 0) is 6.42 Å². The number of guanidine groups is 1. The summed E-state index contributed by atoms with van der Waals surface area (Å²) in [6.07, 6.45) is 4.03. The number of hydrogen-bond acceptors (Lipinski definition) is 2. The Balaban J connectivity index is 0.00000361. The van der Waals surface area contributed by atoms with Crippen LogP contribution in [0.25, 0.3) is 0 Å². The van der Waals surface area contributed by atoms with Crippen molar-refractivity contribution in [2.45, 2.75) is 40.5 Å². The van der Waals surface area contributed by atoms with Crippen LogP contribution in [0.3, 0.4) is 0 Å². The summed E-state index contributed by atoms with van der Waals surface area (Å²) in [5.41, 5.74) is 2.46. The van der Waals surface area contributed by atoms with Crippen molar-refractivity contribution in [2.24, 2.45) is 10.9 Å². The topological polar surface area (TPSA) is 65.1 Å². The molecule has 0 saturated carbocycles. The number of aliphatic imine (C=N–C) groups is 1. The lowest BCUT2D eigenvalue weighted by molar-refractivity contribution is 0.654. The van der Waals surface area contributed by atoms with Gasteiger partial charge in [-0.25, -0.2) is 0 Å². The van der Waals surface area contributed by atoms with E-state index in [-0.39, 0.29) is 24.0 Å². The monoisotopic (exact) mass is 393 g/mol. The standard InChI is InChI=1S/C14H27N5.HI/c1-5-15-14(17-9-11(2)3)16-8-6-7-13-10-18-19-12(13)4;/h10-11H,5-9H2,1-4H3,(H,18,19)(H2,15,16,17);1H. The van der Waals surface area contributed by atoms with Crippen LogP contribution < -0.4 is 10.6 Å². The number of aromatic amines is 1. The molecule has 20 heavy (non-hydrogen) atoms. The molecule has 6 heteroatoms. The highest BCUT2D eigenvalue weighted by atomic mass is 127. The number of nitrogens with one attached hydrogen (secondary N) is 3. The van der Waals surface area contributed by atoms with E-state index in [2.05, 4.69) is 53.5 Å². The number of hydrogen-bond donors (Lipinski definition) is 3. The Morgan fingerprint density at radius 1 is 1.40 bits per heavy atom. The van der Waals surface area contributed by atoms with Gasteiger partial charge in [-0.2, -0.15) is 5.10 Å². The number of aryl methyl sites for hydroxylation is 2. The molecule has 1 aromatic rings. The summed E-state index contributed by atoms with van der Waals surface area (Å²) in [4.78, 5) is 4.54. The molecular formula is C14H28IN5. The van der Waals surface area contributed by atoms with E-state index in [0.29, 0.717) is 5.92 Å². The van der Waals surface area contributed by atoms with Crippen molar-refractivity contribution in [3.8, 4) is 0 Å². The molecular weight excluding hydrogens is 365 g/mol. The zero-order chi connectivity index (χ0) is 14.1. The van der Waals surface area contributed by atoms with Gasteiger partial charge < -0.3 is 10.6 Å². The van der Waals surface area contributed by atoms with E-state index < -0.39 is 0 Å². The summed E-state index contributed by atoms with van der Waals surface area (Å²) >= 11 is 0. The first-order chi connectivity index (χ1) is 9.13. The summed E-state index contributed by atoms with van der Waals surface area (Å²) in [5, 5.41) is 13.6. The fraction of sp³-hybridized carbons (Fsp3) is 0.714. The quantitative estimate of drug-likeness (QED) is 0.289. The van der Waals surface area contributed by atoms with Crippen molar-refractivity contribution in [1.82, 2.24) is 20.8 Å². The van der Waals surface area contributed by atoms with E-state index in [4.69, 9.17) is 0 Å². The molecule has 3 N–H and O–H groups in total. The maximum absolute atomic E-state index is 4.54. The van der Waals surface area contributed by atoms with Crippen molar-refractivity contribution >= 4 is 29.9 Å². The van der Waals surface area contributed by atoms with Crippen molar-refractivity contribution in [1.29, 1.82) is 0 Å². The number of H-pyrrole nitrogens is 1. The summed E-state index contributed by atoms with van der Waals surface area (Å²) in [5.74, 6) is 1.50. The fourth-order valence-electron chi connectivity index (χ4n) is 1.73. The molecule has 0 amide bonds. The Morgan fingerprint density at radius 3 is 2.70 bits per heavy atom. The van der Waals surface area contributed by atoms with Gasteiger partial charge >= 0.3 is 0 Å². The molecule has 0 fully saturated rings. The largest absolute Gasteiger partial charge is 0.357 e. The van der Waals surface area contributed by atoms with Crippen LogP contribution in [0.15, 0.2) is 11.2 Å². The van der Waals surface area contributed by atoms with E-state index in [1.165, 1.54) is 11.3 Å². The smallest absolute Gasteiger partial charge is 0.191 e. The zero-order valence-corrected chi connectivity index (χ0v) is 15.3. The Bertz CT molecular complexity index is 387. The van der Waals surface area contributed by atoms with Gasteiger partial charge in [0, 0.05) is 25.3 Å². The second-order valence-electron chi connectivity index (χ2n) is 5.16. The van der Waals surface area contributed by atoms with Gasteiger partial charge in [0.25, 0.3) is 0 Å². The number of rotatable bonds is 7. The molecule has 1 aromatic heterocycles. The summed E-state index contributed by atoms with van der Waals surface area (Å²) in [6.45, 7) is 11.2. The van der Waals surface area contributed by atoms with Crippen LogP contribution in [0.5, 0.6) is 0 Å². The molecule has 5 nitrogen and oxygen atoms in total. The van der Waals surface area contributed by atoms with Gasteiger partial charge in [0.2, 0.25) is 0 Å². The Hall–Kier alpha value is -0.790. The number of halogens is 1. The number of nitrogens with zero attached hydrogens (tertiary/aromatic N) is 2.